The minimum absolute atomic E-state index is 0.196. The molecular formula is C12H23NO5S. The summed E-state index contributed by atoms with van der Waals surface area (Å²) in [5, 5.41) is 8.68. The standard InChI is InChI=1S/C12H23NO5S/c1-3-9(14)7-8-13-19(16,17)11-6-4-5-10(11)12(15)18-2/h9-11,13-14H,3-8H2,1-2H3. The zero-order chi connectivity index (χ0) is 14.5. The lowest BCUT2D eigenvalue weighted by atomic mass is 10.1. The highest BCUT2D eigenvalue weighted by Crippen LogP contribution is 2.31. The van der Waals surface area contributed by atoms with Gasteiger partial charge in [-0.25, -0.2) is 13.1 Å². The molecule has 7 heteroatoms. The molecule has 0 spiro atoms. The van der Waals surface area contributed by atoms with E-state index in [4.69, 9.17) is 0 Å². The van der Waals surface area contributed by atoms with Gasteiger partial charge >= 0.3 is 5.97 Å². The molecule has 0 saturated heterocycles. The van der Waals surface area contributed by atoms with Crippen molar-refractivity contribution in [3.05, 3.63) is 0 Å². The smallest absolute Gasteiger partial charge is 0.310 e. The van der Waals surface area contributed by atoms with Gasteiger partial charge < -0.3 is 9.84 Å². The molecule has 2 N–H and O–H groups in total. The van der Waals surface area contributed by atoms with Crippen LogP contribution in [0.3, 0.4) is 0 Å². The van der Waals surface area contributed by atoms with Crippen LogP contribution >= 0.6 is 0 Å². The molecule has 0 heterocycles. The van der Waals surface area contributed by atoms with E-state index in [9.17, 15) is 18.3 Å². The third-order valence-electron chi connectivity index (χ3n) is 3.61. The van der Waals surface area contributed by atoms with E-state index in [0.29, 0.717) is 32.1 Å². The van der Waals surface area contributed by atoms with Gasteiger partial charge in [-0.2, -0.15) is 0 Å². The number of hydrogen-bond donors (Lipinski definition) is 2. The minimum atomic E-state index is -3.53. The number of nitrogens with one attached hydrogen (secondary N) is 1. The van der Waals surface area contributed by atoms with Crippen LogP contribution < -0.4 is 4.72 Å². The number of aliphatic hydroxyl groups excluding tert-OH is 1. The summed E-state index contributed by atoms with van der Waals surface area (Å²) in [6.45, 7) is 2.03. The SMILES string of the molecule is CCC(O)CCNS(=O)(=O)C1CCCC1C(=O)OC. The van der Waals surface area contributed by atoms with Gasteiger partial charge in [-0.05, 0) is 25.7 Å². The average molecular weight is 293 g/mol. The summed E-state index contributed by atoms with van der Waals surface area (Å²) >= 11 is 0. The fraction of sp³-hybridized carbons (Fsp3) is 0.917. The van der Waals surface area contributed by atoms with Crippen LogP contribution in [0.15, 0.2) is 0 Å². The quantitative estimate of drug-likeness (QED) is 0.663. The summed E-state index contributed by atoms with van der Waals surface area (Å²) < 4.78 is 31.4. The summed E-state index contributed by atoms with van der Waals surface area (Å²) in [4.78, 5) is 11.5. The summed E-state index contributed by atoms with van der Waals surface area (Å²) in [6, 6.07) is 0. The van der Waals surface area contributed by atoms with E-state index in [1.54, 1.807) is 0 Å². The molecule has 0 bridgehead atoms. The molecule has 3 unspecified atom stereocenters. The molecule has 1 aliphatic carbocycles. The number of carbonyl (C=O) groups is 1. The first-order valence-corrected chi connectivity index (χ1v) is 8.21. The molecule has 1 saturated carbocycles. The van der Waals surface area contributed by atoms with Crippen LogP contribution in [-0.2, 0) is 19.6 Å². The van der Waals surface area contributed by atoms with E-state index < -0.39 is 33.3 Å². The van der Waals surface area contributed by atoms with E-state index in [1.807, 2.05) is 6.92 Å². The summed E-state index contributed by atoms with van der Waals surface area (Å²) in [5.41, 5.74) is 0. The Morgan fingerprint density at radius 1 is 1.47 bits per heavy atom. The normalized spacial score (nSPS) is 25.2. The monoisotopic (exact) mass is 293 g/mol. The maximum Gasteiger partial charge on any atom is 0.310 e. The van der Waals surface area contributed by atoms with Crippen LogP contribution in [0.2, 0.25) is 0 Å². The Bertz CT molecular complexity index is 395. The van der Waals surface area contributed by atoms with Gasteiger partial charge in [0.05, 0.1) is 24.4 Å². The highest BCUT2D eigenvalue weighted by atomic mass is 32.2. The third kappa shape index (κ3) is 4.43. The first kappa shape index (κ1) is 16.4. The Morgan fingerprint density at radius 3 is 2.74 bits per heavy atom. The highest BCUT2D eigenvalue weighted by Gasteiger charge is 2.41. The van der Waals surface area contributed by atoms with Crippen molar-refractivity contribution in [3.8, 4) is 0 Å². The van der Waals surface area contributed by atoms with E-state index in [1.165, 1.54) is 7.11 Å². The third-order valence-corrected chi connectivity index (χ3v) is 5.57. The molecule has 0 aliphatic heterocycles. The van der Waals surface area contributed by atoms with Crippen molar-refractivity contribution in [2.45, 2.75) is 50.4 Å². The topological polar surface area (TPSA) is 92.7 Å². The molecule has 112 valence electrons. The van der Waals surface area contributed by atoms with Gasteiger partial charge in [0.1, 0.15) is 0 Å². The maximum atomic E-state index is 12.1. The van der Waals surface area contributed by atoms with Gasteiger partial charge in [0.25, 0.3) is 0 Å². The Hall–Kier alpha value is -0.660. The zero-order valence-corrected chi connectivity index (χ0v) is 12.3. The molecule has 0 aromatic rings. The minimum Gasteiger partial charge on any atom is -0.469 e. The van der Waals surface area contributed by atoms with Crippen LogP contribution in [0.5, 0.6) is 0 Å². The lowest BCUT2D eigenvalue weighted by Crippen LogP contribution is -2.40. The van der Waals surface area contributed by atoms with Crippen LogP contribution in [0.1, 0.15) is 39.0 Å². The second kappa shape index (κ2) is 7.21. The fourth-order valence-electron chi connectivity index (χ4n) is 2.40. The molecule has 19 heavy (non-hydrogen) atoms. The van der Waals surface area contributed by atoms with Crippen LogP contribution in [0.25, 0.3) is 0 Å². The Kier molecular flexibility index (Phi) is 6.22. The summed E-state index contributed by atoms with van der Waals surface area (Å²) in [5.74, 6) is -1.03. The summed E-state index contributed by atoms with van der Waals surface area (Å²) in [7, 11) is -2.26. The van der Waals surface area contributed by atoms with E-state index in [0.717, 1.165) is 0 Å². The van der Waals surface area contributed by atoms with E-state index in [-0.39, 0.29) is 6.54 Å². The van der Waals surface area contributed by atoms with Gasteiger partial charge in [-0.1, -0.05) is 13.3 Å². The first-order chi connectivity index (χ1) is 8.92. The number of aliphatic hydroxyl groups is 1. The molecule has 0 aromatic carbocycles. The maximum absolute atomic E-state index is 12.1. The largest absolute Gasteiger partial charge is 0.469 e. The highest BCUT2D eigenvalue weighted by molar-refractivity contribution is 7.90. The van der Waals surface area contributed by atoms with Gasteiger partial charge in [-0.15, -0.1) is 0 Å². The molecule has 0 radical (unpaired) electrons. The van der Waals surface area contributed by atoms with E-state index in [2.05, 4.69) is 9.46 Å². The Morgan fingerprint density at radius 2 is 2.16 bits per heavy atom. The van der Waals surface area contributed by atoms with E-state index >= 15 is 0 Å². The lowest BCUT2D eigenvalue weighted by Gasteiger charge is -2.19. The molecule has 1 aliphatic rings. The summed E-state index contributed by atoms with van der Waals surface area (Å²) in [6.07, 6.45) is 2.22. The molecule has 0 aromatic heterocycles. The van der Waals surface area contributed by atoms with Gasteiger partial charge in [0, 0.05) is 6.54 Å². The molecule has 1 fully saturated rings. The van der Waals surface area contributed by atoms with Crippen molar-refractivity contribution in [2.75, 3.05) is 13.7 Å². The number of rotatable bonds is 7. The fourth-order valence-corrected chi connectivity index (χ4v) is 4.17. The second-order valence-corrected chi connectivity index (χ2v) is 6.87. The molecule has 1 rings (SSSR count). The second-order valence-electron chi connectivity index (χ2n) is 4.89. The van der Waals surface area contributed by atoms with Gasteiger partial charge in [0.15, 0.2) is 0 Å². The Balaban J connectivity index is 2.58. The van der Waals surface area contributed by atoms with Crippen molar-refractivity contribution < 1.29 is 23.1 Å². The Labute approximate surface area is 114 Å². The van der Waals surface area contributed by atoms with Crippen LogP contribution in [-0.4, -0.2) is 44.5 Å². The average Bonchev–Trinajstić information content (AvgIpc) is 2.87. The van der Waals surface area contributed by atoms with Crippen molar-refractivity contribution >= 4 is 16.0 Å². The predicted molar refractivity (Wildman–Crippen MR) is 71.0 cm³/mol. The first-order valence-electron chi connectivity index (χ1n) is 6.66. The predicted octanol–water partition coefficient (Wildman–Crippen LogP) is 0.408. The number of ether oxygens (including phenoxy) is 1. The molecule has 3 atom stereocenters. The van der Waals surface area contributed by atoms with Gasteiger partial charge in [-0.3, -0.25) is 4.79 Å². The van der Waals surface area contributed by atoms with Crippen LogP contribution in [0.4, 0.5) is 0 Å². The van der Waals surface area contributed by atoms with Crippen molar-refractivity contribution in [1.29, 1.82) is 0 Å². The van der Waals surface area contributed by atoms with Gasteiger partial charge in [0.2, 0.25) is 10.0 Å². The number of methoxy groups -OCH3 is 1. The lowest BCUT2D eigenvalue weighted by molar-refractivity contribution is -0.145. The number of hydrogen-bond acceptors (Lipinski definition) is 5. The number of sulfonamides is 1. The molecule has 0 amide bonds. The van der Waals surface area contributed by atoms with Crippen molar-refractivity contribution in [2.24, 2.45) is 5.92 Å². The van der Waals surface area contributed by atoms with Crippen molar-refractivity contribution in [3.63, 3.8) is 0 Å². The van der Waals surface area contributed by atoms with Crippen LogP contribution in [0, 0.1) is 5.92 Å². The number of esters is 1. The molecular weight excluding hydrogens is 270 g/mol. The zero-order valence-electron chi connectivity index (χ0n) is 11.5. The molecule has 6 nitrogen and oxygen atoms in total. The van der Waals surface area contributed by atoms with Crippen molar-refractivity contribution in [1.82, 2.24) is 4.72 Å². The number of carbonyl (C=O) groups excluding carboxylic acids is 1.